The molecule has 0 amide bonds. The molecule has 3 N–H and O–H groups in total. The number of hydrogen-bond donors (Lipinski definition) is 3. The van der Waals surface area contributed by atoms with Gasteiger partial charge in [0.05, 0.1) is 25.9 Å². The first-order chi connectivity index (χ1) is 19.1. The van der Waals surface area contributed by atoms with Crippen molar-refractivity contribution in [3.05, 3.63) is 89.1 Å². The predicted octanol–water partition coefficient (Wildman–Crippen LogP) is 4.20. The van der Waals surface area contributed by atoms with Crippen LogP contribution in [0.2, 0.25) is 0 Å². The van der Waals surface area contributed by atoms with Crippen LogP contribution in [0, 0.1) is 0 Å². The molecule has 0 saturated carbocycles. The molecular weight excluding hydrogens is 492 g/mol. The number of aliphatic carboxylic acids is 1. The highest BCUT2D eigenvalue weighted by atomic mass is 16.5. The van der Waals surface area contributed by atoms with E-state index in [1.165, 1.54) is 0 Å². The number of aromatic nitrogens is 1. The zero-order chi connectivity index (χ0) is 26.9. The molecule has 8 heteroatoms. The molecule has 6 rings (SSSR count). The zero-order valence-corrected chi connectivity index (χ0v) is 22.3. The maximum absolute atomic E-state index is 12.1. The number of carboxylic acids is 1. The summed E-state index contributed by atoms with van der Waals surface area (Å²) in [5.41, 5.74) is 6.39. The second kappa shape index (κ2) is 10.6. The van der Waals surface area contributed by atoms with E-state index in [9.17, 15) is 9.90 Å². The number of benzene rings is 3. The van der Waals surface area contributed by atoms with Crippen molar-refractivity contribution in [1.29, 1.82) is 0 Å². The van der Waals surface area contributed by atoms with Crippen LogP contribution < -0.4 is 19.7 Å². The van der Waals surface area contributed by atoms with Crippen LogP contribution in [0.4, 0.5) is 5.69 Å². The highest BCUT2D eigenvalue weighted by molar-refractivity contribution is 5.87. The van der Waals surface area contributed by atoms with Crippen molar-refractivity contribution in [2.75, 3.05) is 45.3 Å². The van der Waals surface area contributed by atoms with Gasteiger partial charge in [-0.25, -0.2) is 0 Å². The molecule has 3 aromatic carbocycles. The summed E-state index contributed by atoms with van der Waals surface area (Å²) in [6, 6.07) is 21.6. The quantitative estimate of drug-likeness (QED) is 0.333. The molecule has 2 atom stereocenters. The van der Waals surface area contributed by atoms with Crippen LogP contribution in [0.1, 0.15) is 28.4 Å². The first kappa shape index (κ1) is 25.3. The zero-order valence-electron chi connectivity index (χ0n) is 22.3. The van der Waals surface area contributed by atoms with Gasteiger partial charge < -0.3 is 24.5 Å². The number of nitrogens with one attached hydrogen (secondary N) is 2. The Morgan fingerprint density at radius 1 is 0.949 bits per heavy atom. The second-order valence-corrected chi connectivity index (χ2v) is 10.3. The van der Waals surface area contributed by atoms with Crippen LogP contribution in [0.3, 0.4) is 0 Å². The summed E-state index contributed by atoms with van der Waals surface area (Å²) < 4.78 is 11.3. The van der Waals surface area contributed by atoms with Crippen molar-refractivity contribution in [1.82, 2.24) is 15.2 Å². The van der Waals surface area contributed by atoms with Crippen LogP contribution in [-0.4, -0.2) is 67.4 Å². The average molecular weight is 527 g/mol. The van der Waals surface area contributed by atoms with Gasteiger partial charge in [0.2, 0.25) is 0 Å². The number of fused-ring (bicyclic) bond motifs is 3. The molecule has 0 unspecified atom stereocenters. The molecule has 1 saturated heterocycles. The molecule has 0 aliphatic carbocycles. The van der Waals surface area contributed by atoms with E-state index in [1.807, 2.05) is 48.5 Å². The van der Waals surface area contributed by atoms with Gasteiger partial charge in [-0.1, -0.05) is 36.4 Å². The van der Waals surface area contributed by atoms with Gasteiger partial charge in [0.1, 0.15) is 17.5 Å². The molecule has 0 radical (unpaired) electrons. The molecule has 0 bridgehead atoms. The Labute approximate surface area is 228 Å². The van der Waals surface area contributed by atoms with Crippen molar-refractivity contribution in [2.45, 2.75) is 25.0 Å². The Bertz CT molecular complexity index is 1490. The normalized spacial score (nSPS) is 19.6. The van der Waals surface area contributed by atoms with Gasteiger partial charge in [-0.3, -0.25) is 15.0 Å². The third kappa shape index (κ3) is 4.82. The predicted molar refractivity (Wildman–Crippen MR) is 152 cm³/mol. The molecule has 1 aromatic heterocycles. The van der Waals surface area contributed by atoms with Crippen molar-refractivity contribution < 1.29 is 19.4 Å². The molecule has 4 aromatic rings. The van der Waals surface area contributed by atoms with Gasteiger partial charge >= 0.3 is 5.97 Å². The molecule has 2 aliphatic heterocycles. The van der Waals surface area contributed by atoms with Gasteiger partial charge in [0.25, 0.3) is 0 Å². The van der Waals surface area contributed by atoms with E-state index in [-0.39, 0.29) is 6.04 Å². The number of anilines is 1. The minimum Gasteiger partial charge on any atom is -0.496 e. The molecule has 0 spiro atoms. The summed E-state index contributed by atoms with van der Waals surface area (Å²) in [6.07, 6.45) is 0.449. The summed E-state index contributed by atoms with van der Waals surface area (Å²) in [4.78, 5) is 20.5. The number of carboxylic acid groups (broad SMARTS) is 1. The SMILES string of the molecule is COc1ccc([C@H]2N[C@@H](C(=O)O)Cc3c2[nH]c2ccccc32)cc1CN1CCN(c2ccccc2OC)CC1. The summed E-state index contributed by atoms with van der Waals surface area (Å²) in [7, 11) is 3.42. The van der Waals surface area contributed by atoms with Crippen molar-refractivity contribution in [3.63, 3.8) is 0 Å². The Kier molecular flexibility index (Phi) is 6.89. The van der Waals surface area contributed by atoms with Crippen LogP contribution in [0.15, 0.2) is 66.7 Å². The van der Waals surface area contributed by atoms with Crippen LogP contribution in [0.25, 0.3) is 10.9 Å². The first-order valence-electron chi connectivity index (χ1n) is 13.4. The van der Waals surface area contributed by atoms with E-state index in [0.29, 0.717) is 6.42 Å². The fourth-order valence-electron chi connectivity index (χ4n) is 6.04. The third-order valence-corrected chi connectivity index (χ3v) is 8.04. The second-order valence-electron chi connectivity index (χ2n) is 10.3. The van der Waals surface area contributed by atoms with Crippen LogP contribution >= 0.6 is 0 Å². The fourth-order valence-corrected chi connectivity index (χ4v) is 6.04. The first-order valence-corrected chi connectivity index (χ1v) is 13.4. The number of para-hydroxylation sites is 3. The Morgan fingerprint density at radius 2 is 1.69 bits per heavy atom. The number of ether oxygens (including phenoxy) is 2. The number of carbonyl (C=O) groups is 1. The van der Waals surface area contributed by atoms with Gasteiger partial charge in [-0.2, -0.15) is 0 Å². The number of H-pyrrole nitrogens is 1. The lowest BCUT2D eigenvalue weighted by molar-refractivity contribution is -0.139. The van der Waals surface area contributed by atoms with Gasteiger partial charge in [0.15, 0.2) is 0 Å². The summed E-state index contributed by atoms with van der Waals surface area (Å²) >= 11 is 0. The lowest BCUT2D eigenvalue weighted by Crippen LogP contribution is -2.46. The van der Waals surface area contributed by atoms with Crippen molar-refractivity contribution in [3.8, 4) is 11.5 Å². The van der Waals surface area contributed by atoms with Gasteiger partial charge in [-0.05, 0) is 41.5 Å². The molecule has 2 aliphatic rings. The Hall–Kier alpha value is -4.01. The van der Waals surface area contributed by atoms with Gasteiger partial charge in [-0.15, -0.1) is 0 Å². The maximum atomic E-state index is 12.1. The summed E-state index contributed by atoms with van der Waals surface area (Å²) in [6.45, 7) is 4.41. The van der Waals surface area contributed by atoms with Crippen molar-refractivity contribution >= 4 is 22.6 Å². The largest absolute Gasteiger partial charge is 0.496 e. The van der Waals surface area contributed by atoms with Gasteiger partial charge in [0, 0.05) is 61.3 Å². The monoisotopic (exact) mass is 526 g/mol. The van der Waals surface area contributed by atoms with E-state index < -0.39 is 12.0 Å². The van der Waals surface area contributed by atoms with E-state index in [1.54, 1.807) is 14.2 Å². The number of aromatic amines is 1. The Morgan fingerprint density at radius 3 is 2.46 bits per heavy atom. The lowest BCUT2D eigenvalue weighted by atomic mass is 9.89. The highest BCUT2D eigenvalue weighted by Gasteiger charge is 2.34. The highest BCUT2D eigenvalue weighted by Crippen LogP contribution is 2.37. The van der Waals surface area contributed by atoms with E-state index >= 15 is 0 Å². The standard InChI is InChI=1S/C31H34N4O4/c1-38-27-12-11-20(29-30-23(18-25(33-29)31(36)37)22-7-3-4-8-24(22)32-30)17-21(27)19-34-13-15-35(16-14-34)26-9-5-6-10-28(26)39-2/h3-12,17,25,29,32-33H,13-16,18-19H2,1-2H3,(H,36,37)/t25-,29-/m1/s1. The molecule has 202 valence electrons. The van der Waals surface area contributed by atoms with E-state index in [0.717, 1.165) is 83.2 Å². The van der Waals surface area contributed by atoms with E-state index in [4.69, 9.17) is 9.47 Å². The number of hydrogen-bond acceptors (Lipinski definition) is 6. The maximum Gasteiger partial charge on any atom is 0.321 e. The summed E-state index contributed by atoms with van der Waals surface area (Å²) in [5, 5.41) is 14.4. The molecule has 39 heavy (non-hydrogen) atoms. The number of rotatable bonds is 7. The average Bonchev–Trinajstić information content (AvgIpc) is 3.36. The minimum absolute atomic E-state index is 0.255. The Balaban J connectivity index is 1.26. The molecule has 1 fully saturated rings. The van der Waals surface area contributed by atoms with E-state index in [2.05, 4.69) is 38.3 Å². The van der Waals surface area contributed by atoms with Crippen molar-refractivity contribution in [2.24, 2.45) is 0 Å². The lowest BCUT2D eigenvalue weighted by Gasteiger charge is -2.37. The fraction of sp³-hybridized carbons (Fsp3) is 0.323. The molecular formula is C31H34N4O4. The summed E-state index contributed by atoms with van der Waals surface area (Å²) in [5.74, 6) is 0.905. The third-order valence-electron chi connectivity index (χ3n) is 8.04. The number of methoxy groups -OCH3 is 2. The van der Waals surface area contributed by atoms with Crippen LogP contribution in [-0.2, 0) is 17.8 Å². The smallest absolute Gasteiger partial charge is 0.321 e. The van der Waals surface area contributed by atoms with Crippen LogP contribution in [0.5, 0.6) is 11.5 Å². The molecule has 8 nitrogen and oxygen atoms in total. The minimum atomic E-state index is -0.836. The molecule has 3 heterocycles. The number of nitrogens with zero attached hydrogens (tertiary/aromatic N) is 2. The topological polar surface area (TPSA) is 90.1 Å². The number of piperazine rings is 1.